The number of hydrogen-bond acceptors (Lipinski definition) is 2. The maximum absolute atomic E-state index is 6.04. The zero-order chi connectivity index (χ0) is 18.1. The lowest BCUT2D eigenvalue weighted by atomic mass is 9.86. The Morgan fingerprint density at radius 1 is 0.962 bits per heavy atom. The molecule has 1 aliphatic heterocycles. The van der Waals surface area contributed by atoms with E-state index in [1.807, 2.05) is 24.3 Å². The number of rotatable bonds is 3. The van der Waals surface area contributed by atoms with E-state index >= 15 is 0 Å². The van der Waals surface area contributed by atoms with E-state index in [1.165, 1.54) is 27.9 Å². The van der Waals surface area contributed by atoms with Crippen LogP contribution in [0.4, 0.5) is 11.4 Å². The number of fused-ring (bicyclic) bond motifs is 1. The van der Waals surface area contributed by atoms with Gasteiger partial charge in [0.25, 0.3) is 0 Å². The summed E-state index contributed by atoms with van der Waals surface area (Å²) >= 11 is 6.04. The van der Waals surface area contributed by atoms with E-state index in [1.54, 1.807) is 0 Å². The summed E-state index contributed by atoms with van der Waals surface area (Å²) in [4.78, 5) is 0. The molecule has 1 heterocycles. The summed E-state index contributed by atoms with van der Waals surface area (Å²) in [6.45, 7) is 4.36. The quantitative estimate of drug-likeness (QED) is 0.543. The average molecular weight is 363 g/mol. The Morgan fingerprint density at radius 2 is 1.69 bits per heavy atom. The maximum atomic E-state index is 6.04. The fraction of sp³-hybridized carbons (Fsp3) is 0.217. The van der Waals surface area contributed by atoms with Crippen LogP contribution in [0.1, 0.15) is 40.8 Å². The van der Waals surface area contributed by atoms with E-state index in [9.17, 15) is 0 Å². The lowest BCUT2D eigenvalue weighted by Crippen LogP contribution is -2.26. The van der Waals surface area contributed by atoms with Gasteiger partial charge in [-0.2, -0.15) is 0 Å². The third-order valence-electron chi connectivity index (χ3n) is 5.07. The van der Waals surface area contributed by atoms with Crippen LogP contribution in [0.15, 0.2) is 66.7 Å². The Bertz CT molecular complexity index is 903. The molecule has 0 saturated heterocycles. The van der Waals surface area contributed by atoms with Crippen LogP contribution in [0, 0.1) is 13.8 Å². The normalized spacial score (nSPS) is 18.7. The van der Waals surface area contributed by atoms with Gasteiger partial charge in [0.15, 0.2) is 0 Å². The highest BCUT2D eigenvalue weighted by atomic mass is 35.5. The maximum Gasteiger partial charge on any atom is 0.0559 e. The molecular formula is C23H23ClN2. The van der Waals surface area contributed by atoms with Crippen LogP contribution in [0.3, 0.4) is 0 Å². The number of nitrogens with one attached hydrogen (secondary N) is 2. The third-order valence-corrected chi connectivity index (χ3v) is 5.32. The van der Waals surface area contributed by atoms with Crippen molar-refractivity contribution < 1.29 is 0 Å². The molecule has 0 saturated carbocycles. The minimum absolute atomic E-state index is 0.248. The molecule has 0 radical (unpaired) electrons. The molecule has 132 valence electrons. The van der Waals surface area contributed by atoms with Crippen LogP contribution in [0.2, 0.25) is 5.02 Å². The summed E-state index contributed by atoms with van der Waals surface area (Å²) in [7, 11) is 0. The summed E-state index contributed by atoms with van der Waals surface area (Å²) in [5.41, 5.74) is 7.62. The number of anilines is 2. The molecule has 1 aliphatic rings. The van der Waals surface area contributed by atoms with E-state index in [0.29, 0.717) is 0 Å². The van der Waals surface area contributed by atoms with Crippen molar-refractivity contribution >= 4 is 23.0 Å². The van der Waals surface area contributed by atoms with Crippen LogP contribution in [-0.4, -0.2) is 0 Å². The second kappa shape index (κ2) is 7.05. The summed E-state index contributed by atoms with van der Waals surface area (Å²) in [6.07, 6.45) is 0.990. The number of halogens is 1. The van der Waals surface area contributed by atoms with Gasteiger partial charge in [-0.1, -0.05) is 48.0 Å². The molecule has 0 bridgehead atoms. The first kappa shape index (κ1) is 17.0. The standard InChI is InChI=1S/C23H23ClN2/c1-15-12-16(2)23-21(13-15)26-20(17-6-4-3-5-7-17)14-22(23)25-19-10-8-18(24)9-11-19/h3-13,20,22,25-26H,14H2,1-2H3/t20-,22+/m0/s1. The summed E-state index contributed by atoms with van der Waals surface area (Å²) in [6, 6.07) is 23.7. The van der Waals surface area contributed by atoms with Crippen molar-refractivity contribution in [2.45, 2.75) is 32.4 Å². The SMILES string of the molecule is Cc1cc(C)c2c(c1)N[C@H](c1ccccc1)C[C@H]2Nc1ccc(Cl)cc1. The predicted molar refractivity (Wildman–Crippen MR) is 111 cm³/mol. The van der Waals surface area contributed by atoms with Crippen LogP contribution >= 0.6 is 11.6 Å². The van der Waals surface area contributed by atoms with Crippen molar-refractivity contribution in [3.05, 3.63) is 94.0 Å². The van der Waals surface area contributed by atoms with Crippen molar-refractivity contribution in [3.63, 3.8) is 0 Å². The minimum Gasteiger partial charge on any atom is -0.378 e. The molecule has 3 heteroatoms. The van der Waals surface area contributed by atoms with Gasteiger partial charge in [0.1, 0.15) is 0 Å². The molecule has 0 fully saturated rings. The number of hydrogen-bond donors (Lipinski definition) is 2. The molecule has 0 unspecified atom stereocenters. The minimum atomic E-state index is 0.248. The molecule has 0 amide bonds. The van der Waals surface area contributed by atoms with E-state index in [0.717, 1.165) is 17.1 Å². The van der Waals surface area contributed by atoms with Gasteiger partial charge in [0.2, 0.25) is 0 Å². The highest BCUT2D eigenvalue weighted by molar-refractivity contribution is 6.30. The van der Waals surface area contributed by atoms with Gasteiger partial charge in [-0.15, -0.1) is 0 Å². The monoisotopic (exact) mass is 362 g/mol. The number of benzene rings is 3. The van der Waals surface area contributed by atoms with Gasteiger partial charge >= 0.3 is 0 Å². The Balaban J connectivity index is 1.72. The first-order chi connectivity index (χ1) is 12.6. The predicted octanol–water partition coefficient (Wildman–Crippen LogP) is 6.67. The molecule has 26 heavy (non-hydrogen) atoms. The largest absolute Gasteiger partial charge is 0.378 e. The second-order valence-corrected chi connectivity index (χ2v) is 7.53. The molecule has 0 aliphatic carbocycles. The topological polar surface area (TPSA) is 24.1 Å². The van der Waals surface area contributed by atoms with Gasteiger partial charge in [-0.05, 0) is 67.3 Å². The Labute approximate surface area is 160 Å². The Morgan fingerprint density at radius 3 is 2.42 bits per heavy atom. The fourth-order valence-corrected chi connectivity index (χ4v) is 4.07. The van der Waals surface area contributed by atoms with Crippen LogP contribution in [0.5, 0.6) is 0 Å². The van der Waals surface area contributed by atoms with E-state index < -0.39 is 0 Å². The first-order valence-corrected chi connectivity index (χ1v) is 9.42. The molecule has 0 spiro atoms. The molecule has 2 atom stereocenters. The van der Waals surface area contributed by atoms with Crippen molar-refractivity contribution in [1.29, 1.82) is 0 Å². The Kier molecular flexibility index (Phi) is 4.60. The molecule has 2 N–H and O–H groups in total. The van der Waals surface area contributed by atoms with Crippen molar-refractivity contribution in [3.8, 4) is 0 Å². The summed E-state index contributed by atoms with van der Waals surface area (Å²) in [5.74, 6) is 0. The molecular weight excluding hydrogens is 340 g/mol. The smallest absolute Gasteiger partial charge is 0.0559 e. The second-order valence-electron chi connectivity index (χ2n) is 7.09. The van der Waals surface area contributed by atoms with Crippen molar-refractivity contribution in [2.24, 2.45) is 0 Å². The zero-order valence-electron chi connectivity index (χ0n) is 15.1. The third kappa shape index (κ3) is 3.42. The summed E-state index contributed by atoms with van der Waals surface area (Å²) < 4.78 is 0. The highest BCUT2D eigenvalue weighted by Gasteiger charge is 2.29. The lowest BCUT2D eigenvalue weighted by molar-refractivity contribution is 0.586. The Hall–Kier alpha value is -2.45. The van der Waals surface area contributed by atoms with Gasteiger partial charge in [-0.3, -0.25) is 0 Å². The van der Waals surface area contributed by atoms with Crippen molar-refractivity contribution in [2.75, 3.05) is 10.6 Å². The van der Waals surface area contributed by atoms with Gasteiger partial charge in [0.05, 0.1) is 12.1 Å². The van der Waals surface area contributed by atoms with Crippen LogP contribution in [0.25, 0.3) is 0 Å². The molecule has 2 nitrogen and oxygen atoms in total. The highest BCUT2D eigenvalue weighted by Crippen LogP contribution is 2.42. The van der Waals surface area contributed by atoms with E-state index in [4.69, 9.17) is 11.6 Å². The van der Waals surface area contributed by atoms with E-state index in [2.05, 4.69) is 66.9 Å². The molecule has 3 aromatic carbocycles. The molecule has 4 rings (SSSR count). The van der Waals surface area contributed by atoms with Crippen LogP contribution in [-0.2, 0) is 0 Å². The molecule has 0 aromatic heterocycles. The first-order valence-electron chi connectivity index (χ1n) is 9.05. The van der Waals surface area contributed by atoms with Crippen molar-refractivity contribution in [1.82, 2.24) is 0 Å². The molecule has 3 aromatic rings. The number of aryl methyl sites for hydroxylation is 2. The van der Waals surface area contributed by atoms with Crippen LogP contribution < -0.4 is 10.6 Å². The van der Waals surface area contributed by atoms with Gasteiger partial charge < -0.3 is 10.6 Å². The van der Waals surface area contributed by atoms with Gasteiger partial charge in [-0.25, -0.2) is 0 Å². The van der Waals surface area contributed by atoms with Gasteiger partial charge in [0, 0.05) is 22.0 Å². The zero-order valence-corrected chi connectivity index (χ0v) is 15.8. The summed E-state index contributed by atoms with van der Waals surface area (Å²) in [5, 5.41) is 8.24. The average Bonchev–Trinajstić information content (AvgIpc) is 2.63. The van der Waals surface area contributed by atoms with E-state index in [-0.39, 0.29) is 12.1 Å². The lowest BCUT2D eigenvalue weighted by Gasteiger charge is -2.36. The fourth-order valence-electron chi connectivity index (χ4n) is 3.94.